The Morgan fingerprint density at radius 3 is 0.926 bits per heavy atom. The Kier molecular flexibility index (Phi) is 31.3. The van der Waals surface area contributed by atoms with Gasteiger partial charge in [0.1, 0.15) is 0 Å². The molecule has 23 aromatic carbocycles. The fourth-order valence-electron chi connectivity index (χ4n) is 17.5. The van der Waals surface area contributed by atoms with Crippen LogP contribution in [0.4, 0.5) is 0 Å². The van der Waals surface area contributed by atoms with E-state index < -0.39 is 0 Å². The molecule has 0 saturated heterocycles. The van der Waals surface area contributed by atoms with Crippen LogP contribution in [0.1, 0.15) is 50.1 Å². The lowest BCUT2D eigenvalue weighted by Crippen LogP contribution is -1.92. The highest BCUT2D eigenvalue weighted by atomic mass is 15.0. The number of fused-ring (bicyclic) bond motifs is 10. The van der Waals surface area contributed by atoms with E-state index in [2.05, 4.69) is 564 Å². The van der Waals surface area contributed by atoms with Gasteiger partial charge in [0.2, 0.25) is 0 Å². The molecule has 0 aliphatic rings. The van der Waals surface area contributed by atoms with Gasteiger partial charge in [0.25, 0.3) is 0 Å². The monoisotopic (exact) mass is 1750 g/mol. The summed E-state index contributed by atoms with van der Waals surface area (Å²) >= 11 is 0. The molecule has 0 spiro atoms. The number of nitrogens with zero attached hydrogens (tertiary/aromatic N) is 1. The summed E-state index contributed by atoms with van der Waals surface area (Å²) in [6.07, 6.45) is 0. The number of hydrogen-bond acceptors (Lipinski definition) is 0. The zero-order chi connectivity index (χ0) is 93.7. The maximum absolute atomic E-state index is 2.34. The Morgan fingerprint density at radius 1 is 0.132 bits per heavy atom. The number of hydrogen-bond donors (Lipinski definition) is 0. The average Bonchev–Trinajstić information content (AvgIpc) is 1.50. The first kappa shape index (κ1) is 92.7. The summed E-state index contributed by atoms with van der Waals surface area (Å²) in [7, 11) is 0. The van der Waals surface area contributed by atoms with E-state index in [1.54, 1.807) is 0 Å². The third-order valence-electron chi connectivity index (χ3n) is 24.8. The number of para-hydroxylation sites is 2. The first-order valence-electron chi connectivity index (χ1n) is 47.1. The molecule has 1 heterocycles. The number of aryl methyl sites for hydroxylation is 9. The van der Waals surface area contributed by atoms with Gasteiger partial charge in [-0.1, -0.05) is 531 Å². The lowest BCUT2D eigenvalue weighted by molar-refractivity contribution is 1.18. The minimum Gasteiger partial charge on any atom is -0.309 e. The molecular formula is C135H115N. The second-order valence-corrected chi connectivity index (χ2v) is 34.8. The van der Waals surface area contributed by atoms with E-state index in [0.717, 1.165) is 0 Å². The van der Waals surface area contributed by atoms with Crippen molar-refractivity contribution >= 4 is 86.4 Å². The summed E-state index contributed by atoms with van der Waals surface area (Å²) in [5.41, 5.74) is 30.9. The number of aromatic nitrogens is 1. The lowest BCUT2D eigenvalue weighted by Gasteiger charge is -2.15. The van der Waals surface area contributed by atoms with Crippen molar-refractivity contribution in [3.8, 4) is 72.4 Å². The molecule has 0 fully saturated rings. The third kappa shape index (κ3) is 23.8. The Morgan fingerprint density at radius 2 is 0.441 bits per heavy atom. The Labute approximate surface area is 803 Å². The van der Waals surface area contributed by atoms with Gasteiger partial charge >= 0.3 is 0 Å². The molecule has 1 nitrogen and oxygen atoms in total. The lowest BCUT2D eigenvalue weighted by atomic mass is 9.89. The van der Waals surface area contributed by atoms with Crippen LogP contribution in [0.3, 0.4) is 0 Å². The van der Waals surface area contributed by atoms with Gasteiger partial charge in [-0.2, -0.15) is 0 Å². The van der Waals surface area contributed by atoms with Crippen molar-refractivity contribution in [2.45, 2.75) is 62.3 Å². The Hall–Kier alpha value is -16.6. The molecule has 0 bridgehead atoms. The Balaban J connectivity index is 0.000000112. The van der Waals surface area contributed by atoms with Gasteiger partial charge in [0, 0.05) is 16.5 Å². The van der Waals surface area contributed by atoms with E-state index in [9.17, 15) is 0 Å². The first-order chi connectivity index (χ1) is 66.7. The largest absolute Gasteiger partial charge is 0.309 e. The standard InChI is InChI=1S/C21H16.C19H15N.2C19H16.C15H12.C13H12.2C11H10.C7H8/c1-15-17-11-5-7-13-19(17)21(16-9-3-2-4-10-16)20-14-8-6-12-18(15)20;1-14-11-12-17-16-9-5-6-10-18(16)20(19(17)13-14)15-7-3-2-4-8-15;1-15-10-12-17(13-11-15)19-9-5-8-18(14-19)16-6-3-2-4-7-16;1-15-7-9-17(10-8-15)19-13-11-18(12-14-19)16-5-3-2-4-6-16;1-11-10-12-6-2-3-8-14(12)15-9-5-4-7-13(11)15;1-11-7-9-13(10-8-11)12-5-3-2-4-6-12;1-9-5-4-7-10-6-2-3-8-11(9)10;1-9-6-7-10-4-2-3-5-11(10)8-9;1-7-5-3-2-4-6-7/h2-14H,1H3;2-13H,1H3;2*2-14H,1H3;2-10H,1H3;2-10H,1H3;2*2-8H,1H3;2-6H,1H3. The van der Waals surface area contributed by atoms with Gasteiger partial charge in [-0.15, -0.1) is 0 Å². The predicted octanol–water partition coefficient (Wildman–Crippen LogP) is 38.0. The molecule has 1 aromatic heterocycles. The van der Waals surface area contributed by atoms with Gasteiger partial charge in [0.05, 0.1) is 11.0 Å². The van der Waals surface area contributed by atoms with Gasteiger partial charge < -0.3 is 4.57 Å². The normalized spacial score (nSPS) is 10.5. The van der Waals surface area contributed by atoms with E-state index in [1.165, 1.54) is 209 Å². The molecule has 1 heteroatoms. The Bertz CT molecular complexity index is 7890. The average molecular weight is 1750 g/mol. The molecule has 0 saturated carbocycles. The fraction of sp³-hybridized carbons (Fsp3) is 0.0667. The molecule has 0 aliphatic heterocycles. The first-order valence-corrected chi connectivity index (χ1v) is 47.1. The van der Waals surface area contributed by atoms with Crippen LogP contribution in [0, 0.1) is 62.3 Å². The highest BCUT2D eigenvalue weighted by Crippen LogP contribution is 2.40. The zero-order valence-corrected chi connectivity index (χ0v) is 79.3. The zero-order valence-electron chi connectivity index (χ0n) is 79.3. The fourth-order valence-corrected chi connectivity index (χ4v) is 17.5. The van der Waals surface area contributed by atoms with Crippen molar-refractivity contribution in [1.29, 1.82) is 0 Å². The molecule has 24 rings (SSSR count). The maximum Gasteiger partial charge on any atom is 0.0543 e. The highest BCUT2D eigenvalue weighted by molar-refractivity contribution is 6.15. The van der Waals surface area contributed by atoms with Crippen molar-refractivity contribution in [1.82, 2.24) is 4.57 Å². The van der Waals surface area contributed by atoms with Crippen LogP contribution in [0.25, 0.3) is 159 Å². The van der Waals surface area contributed by atoms with Crippen molar-refractivity contribution in [3.63, 3.8) is 0 Å². The number of benzene rings is 23. The van der Waals surface area contributed by atoms with Crippen molar-refractivity contribution < 1.29 is 0 Å². The molecule has 0 aliphatic carbocycles. The molecule has 660 valence electrons. The minimum absolute atomic E-state index is 1.21. The van der Waals surface area contributed by atoms with E-state index in [0.29, 0.717) is 0 Å². The summed E-state index contributed by atoms with van der Waals surface area (Å²) in [5.74, 6) is 0. The van der Waals surface area contributed by atoms with E-state index in [1.807, 2.05) is 36.4 Å². The molecule has 0 radical (unpaired) electrons. The van der Waals surface area contributed by atoms with Crippen LogP contribution < -0.4 is 0 Å². The predicted molar refractivity (Wildman–Crippen MR) is 593 cm³/mol. The van der Waals surface area contributed by atoms with Gasteiger partial charge in [-0.25, -0.2) is 0 Å². The van der Waals surface area contributed by atoms with Gasteiger partial charge in [-0.3, -0.25) is 0 Å². The summed E-state index contributed by atoms with van der Waals surface area (Å²) in [4.78, 5) is 0. The van der Waals surface area contributed by atoms with Gasteiger partial charge in [0.15, 0.2) is 0 Å². The van der Waals surface area contributed by atoms with E-state index in [-0.39, 0.29) is 0 Å². The second kappa shape index (κ2) is 46.0. The van der Waals surface area contributed by atoms with Crippen LogP contribution in [0.5, 0.6) is 0 Å². The van der Waals surface area contributed by atoms with Crippen LogP contribution in [0.2, 0.25) is 0 Å². The molecule has 136 heavy (non-hydrogen) atoms. The summed E-state index contributed by atoms with van der Waals surface area (Å²) in [6, 6.07) is 188. The van der Waals surface area contributed by atoms with E-state index >= 15 is 0 Å². The smallest absolute Gasteiger partial charge is 0.0543 e. The topological polar surface area (TPSA) is 4.93 Å². The van der Waals surface area contributed by atoms with Crippen LogP contribution in [-0.2, 0) is 0 Å². The molecule has 0 amide bonds. The highest BCUT2D eigenvalue weighted by Gasteiger charge is 2.15. The summed E-state index contributed by atoms with van der Waals surface area (Å²) in [6.45, 7) is 19.2. The molecule has 0 N–H and O–H groups in total. The van der Waals surface area contributed by atoms with E-state index in [4.69, 9.17) is 0 Å². The van der Waals surface area contributed by atoms with Crippen LogP contribution >= 0.6 is 0 Å². The second-order valence-electron chi connectivity index (χ2n) is 34.8. The summed E-state index contributed by atoms with van der Waals surface area (Å²) in [5, 5.41) is 18.7. The molecule has 24 aromatic rings. The SMILES string of the molecule is Cc1c2ccccc2c(-c2ccccc2)c2ccccc12.Cc1cc2ccccc2c2ccccc12.Cc1ccc(-c2ccc(-c3ccccc3)cc2)cc1.Cc1ccc(-c2cccc(-c3ccccc3)c2)cc1.Cc1ccc(-c2ccccc2)cc1.Cc1ccc2c3ccccc3n(-c3ccccc3)c2c1.Cc1ccc2ccccc2c1.Cc1cccc2ccccc12.Cc1ccccc1. The van der Waals surface area contributed by atoms with Crippen LogP contribution in [-0.4, -0.2) is 4.57 Å². The van der Waals surface area contributed by atoms with Crippen LogP contribution in [0.15, 0.2) is 534 Å². The van der Waals surface area contributed by atoms with Gasteiger partial charge in [-0.05, 0) is 246 Å². The molecular weight excluding hydrogens is 1640 g/mol. The van der Waals surface area contributed by atoms with Crippen molar-refractivity contribution in [2.75, 3.05) is 0 Å². The van der Waals surface area contributed by atoms with Crippen molar-refractivity contribution in [3.05, 3.63) is 584 Å². The number of rotatable bonds is 7. The van der Waals surface area contributed by atoms with Crippen molar-refractivity contribution in [2.24, 2.45) is 0 Å². The maximum atomic E-state index is 2.34. The third-order valence-corrected chi connectivity index (χ3v) is 24.8. The summed E-state index contributed by atoms with van der Waals surface area (Å²) < 4.78 is 2.34. The molecule has 0 unspecified atom stereocenters. The minimum atomic E-state index is 1.21. The quantitative estimate of drug-likeness (QED) is 0.111. The molecule has 0 atom stereocenters.